The highest BCUT2D eigenvalue weighted by molar-refractivity contribution is 5.94. The van der Waals surface area contributed by atoms with Crippen molar-refractivity contribution in [1.82, 2.24) is 14.8 Å². The highest BCUT2D eigenvalue weighted by atomic mass is 16.5. The quantitative estimate of drug-likeness (QED) is 0.358. The van der Waals surface area contributed by atoms with Crippen LogP contribution in [0.3, 0.4) is 0 Å². The summed E-state index contributed by atoms with van der Waals surface area (Å²) in [4.78, 5) is 24.8. The van der Waals surface area contributed by atoms with Crippen molar-refractivity contribution in [3.8, 4) is 28.2 Å². The van der Waals surface area contributed by atoms with Crippen molar-refractivity contribution in [2.75, 3.05) is 6.61 Å². The SMILES string of the molecule is CCOC(=O)c1cc(-c2ccccc2)n(-c2ccc(-c3n[nH]c(=O)c4ccccc34)cc2)c1C. The minimum absolute atomic E-state index is 0.210. The lowest BCUT2D eigenvalue weighted by Gasteiger charge is -2.13. The molecule has 0 saturated heterocycles. The van der Waals surface area contributed by atoms with Crippen LogP contribution in [-0.4, -0.2) is 27.3 Å². The van der Waals surface area contributed by atoms with Crippen LogP contribution in [0.25, 0.3) is 39.0 Å². The summed E-state index contributed by atoms with van der Waals surface area (Å²) in [6.45, 7) is 4.04. The van der Waals surface area contributed by atoms with Crippen molar-refractivity contribution in [3.63, 3.8) is 0 Å². The Hall–Kier alpha value is -4.45. The number of hydrogen-bond acceptors (Lipinski definition) is 4. The fourth-order valence-corrected chi connectivity index (χ4v) is 4.28. The summed E-state index contributed by atoms with van der Waals surface area (Å²) in [5, 5.41) is 8.29. The molecule has 6 nitrogen and oxygen atoms in total. The zero-order chi connectivity index (χ0) is 23.7. The van der Waals surface area contributed by atoms with Gasteiger partial charge in [0.1, 0.15) is 0 Å². The number of aromatic nitrogens is 3. The van der Waals surface area contributed by atoms with E-state index in [9.17, 15) is 9.59 Å². The summed E-state index contributed by atoms with van der Waals surface area (Å²) in [7, 11) is 0. The molecule has 0 atom stereocenters. The molecule has 2 heterocycles. The van der Waals surface area contributed by atoms with E-state index in [-0.39, 0.29) is 11.5 Å². The molecule has 0 spiro atoms. The lowest BCUT2D eigenvalue weighted by atomic mass is 10.0. The molecule has 0 aliphatic rings. The van der Waals surface area contributed by atoms with Gasteiger partial charge in [0.05, 0.1) is 28.9 Å². The summed E-state index contributed by atoms with van der Waals surface area (Å²) in [6.07, 6.45) is 0. The smallest absolute Gasteiger partial charge is 0.339 e. The van der Waals surface area contributed by atoms with Crippen LogP contribution in [0.4, 0.5) is 0 Å². The maximum atomic E-state index is 12.6. The fourth-order valence-electron chi connectivity index (χ4n) is 4.28. The molecule has 3 aromatic carbocycles. The second-order valence-electron chi connectivity index (χ2n) is 7.94. The standard InChI is InChI=1S/C28H23N3O3/c1-3-34-28(33)24-17-25(19-9-5-4-6-10-19)31(18(24)2)21-15-13-20(14-16-21)26-22-11-7-8-12-23(22)27(32)30-29-26/h4-17H,3H2,1-2H3,(H,30,32). The summed E-state index contributed by atoms with van der Waals surface area (Å²) in [5.74, 6) is -0.337. The normalized spacial score (nSPS) is 11.0. The third kappa shape index (κ3) is 3.69. The molecule has 0 saturated carbocycles. The number of ether oxygens (including phenoxy) is 1. The number of carbonyl (C=O) groups excluding carboxylic acids is 1. The van der Waals surface area contributed by atoms with Crippen molar-refractivity contribution < 1.29 is 9.53 Å². The maximum absolute atomic E-state index is 12.6. The number of hydrogen-bond donors (Lipinski definition) is 1. The minimum atomic E-state index is -0.337. The van der Waals surface area contributed by atoms with E-state index >= 15 is 0 Å². The number of fused-ring (bicyclic) bond motifs is 1. The summed E-state index contributed by atoms with van der Waals surface area (Å²) >= 11 is 0. The van der Waals surface area contributed by atoms with Crippen molar-refractivity contribution in [1.29, 1.82) is 0 Å². The molecule has 0 aliphatic carbocycles. The van der Waals surface area contributed by atoms with Crippen molar-refractivity contribution in [2.24, 2.45) is 0 Å². The molecule has 0 amide bonds. The van der Waals surface area contributed by atoms with Crippen molar-refractivity contribution in [2.45, 2.75) is 13.8 Å². The third-order valence-electron chi connectivity index (χ3n) is 5.91. The number of benzene rings is 3. The molecule has 0 radical (unpaired) electrons. The molecule has 34 heavy (non-hydrogen) atoms. The Morgan fingerprint density at radius 2 is 1.59 bits per heavy atom. The van der Waals surface area contributed by atoms with E-state index in [0.29, 0.717) is 23.3 Å². The van der Waals surface area contributed by atoms with Crippen molar-refractivity contribution >= 4 is 16.7 Å². The Balaban J connectivity index is 1.64. The summed E-state index contributed by atoms with van der Waals surface area (Å²) in [5.41, 5.74) is 5.53. The van der Waals surface area contributed by atoms with Crippen LogP contribution < -0.4 is 5.56 Å². The van der Waals surface area contributed by atoms with E-state index in [1.807, 2.05) is 85.8 Å². The van der Waals surface area contributed by atoms with E-state index in [0.717, 1.165) is 33.6 Å². The second-order valence-corrected chi connectivity index (χ2v) is 7.94. The predicted octanol–water partition coefficient (Wildman–Crippen LogP) is 5.53. The van der Waals surface area contributed by atoms with Crippen LogP contribution in [0.1, 0.15) is 23.0 Å². The van der Waals surface area contributed by atoms with Gasteiger partial charge in [0.25, 0.3) is 5.56 Å². The van der Waals surface area contributed by atoms with Gasteiger partial charge in [0, 0.05) is 22.3 Å². The number of nitrogens with zero attached hydrogens (tertiary/aromatic N) is 2. The first kappa shape index (κ1) is 21.4. The highest BCUT2D eigenvalue weighted by Gasteiger charge is 2.20. The van der Waals surface area contributed by atoms with Gasteiger partial charge in [-0.25, -0.2) is 9.89 Å². The fraction of sp³-hybridized carbons (Fsp3) is 0.107. The Kier molecular flexibility index (Phi) is 5.55. The van der Waals surface area contributed by atoms with Gasteiger partial charge >= 0.3 is 5.97 Å². The Morgan fingerprint density at radius 1 is 0.912 bits per heavy atom. The number of esters is 1. The molecule has 168 valence electrons. The Labute approximate surface area is 196 Å². The number of aromatic amines is 1. The van der Waals surface area contributed by atoms with Gasteiger partial charge in [-0.05, 0) is 43.7 Å². The van der Waals surface area contributed by atoms with E-state index in [1.165, 1.54) is 0 Å². The average Bonchev–Trinajstić information content (AvgIpc) is 3.22. The molecule has 5 rings (SSSR count). The van der Waals surface area contributed by atoms with E-state index in [2.05, 4.69) is 14.8 Å². The topological polar surface area (TPSA) is 77.0 Å². The molecular formula is C28H23N3O3. The van der Waals surface area contributed by atoms with Crippen LogP contribution in [0.2, 0.25) is 0 Å². The highest BCUT2D eigenvalue weighted by Crippen LogP contribution is 2.31. The van der Waals surface area contributed by atoms with E-state index in [1.54, 1.807) is 13.0 Å². The largest absolute Gasteiger partial charge is 0.462 e. The van der Waals surface area contributed by atoms with Gasteiger partial charge in [0.2, 0.25) is 0 Å². The number of nitrogens with one attached hydrogen (secondary N) is 1. The Morgan fingerprint density at radius 3 is 2.29 bits per heavy atom. The molecular weight excluding hydrogens is 426 g/mol. The number of H-pyrrole nitrogens is 1. The van der Waals surface area contributed by atoms with Gasteiger partial charge in [-0.3, -0.25) is 4.79 Å². The Bertz CT molecular complexity index is 1550. The molecule has 0 unspecified atom stereocenters. The molecule has 5 aromatic rings. The number of rotatable bonds is 5. The van der Waals surface area contributed by atoms with Crippen LogP contribution in [0, 0.1) is 6.92 Å². The van der Waals surface area contributed by atoms with Crippen LogP contribution in [0.15, 0.2) is 89.7 Å². The summed E-state index contributed by atoms with van der Waals surface area (Å²) in [6, 6.07) is 27.2. The maximum Gasteiger partial charge on any atom is 0.339 e. The molecule has 6 heteroatoms. The first-order valence-electron chi connectivity index (χ1n) is 11.1. The molecule has 0 aliphatic heterocycles. The van der Waals surface area contributed by atoms with Gasteiger partial charge in [-0.15, -0.1) is 0 Å². The van der Waals surface area contributed by atoms with E-state index in [4.69, 9.17) is 4.74 Å². The predicted molar refractivity (Wildman–Crippen MR) is 133 cm³/mol. The summed E-state index contributed by atoms with van der Waals surface area (Å²) < 4.78 is 7.35. The zero-order valence-corrected chi connectivity index (χ0v) is 18.9. The van der Waals surface area contributed by atoms with Crippen molar-refractivity contribution in [3.05, 3.63) is 107 Å². The van der Waals surface area contributed by atoms with Gasteiger partial charge < -0.3 is 9.30 Å². The van der Waals surface area contributed by atoms with Gasteiger partial charge in [-0.2, -0.15) is 5.10 Å². The van der Waals surface area contributed by atoms with E-state index < -0.39 is 0 Å². The lowest BCUT2D eigenvalue weighted by Crippen LogP contribution is -2.09. The van der Waals surface area contributed by atoms with Crippen LogP contribution >= 0.6 is 0 Å². The molecule has 0 fully saturated rings. The molecule has 1 N–H and O–H groups in total. The number of carbonyl (C=O) groups is 1. The average molecular weight is 450 g/mol. The monoisotopic (exact) mass is 449 g/mol. The lowest BCUT2D eigenvalue weighted by molar-refractivity contribution is 0.0525. The second kappa shape index (κ2) is 8.83. The zero-order valence-electron chi connectivity index (χ0n) is 18.9. The third-order valence-corrected chi connectivity index (χ3v) is 5.91. The first-order valence-corrected chi connectivity index (χ1v) is 11.1. The van der Waals surface area contributed by atoms with Crippen LogP contribution in [-0.2, 0) is 4.74 Å². The van der Waals surface area contributed by atoms with Crippen LogP contribution in [0.5, 0.6) is 0 Å². The first-order chi connectivity index (χ1) is 16.6. The minimum Gasteiger partial charge on any atom is -0.462 e. The van der Waals surface area contributed by atoms with Gasteiger partial charge in [0.15, 0.2) is 0 Å². The van der Waals surface area contributed by atoms with Gasteiger partial charge in [-0.1, -0.05) is 60.7 Å². The molecule has 0 bridgehead atoms. The molecule has 2 aromatic heterocycles.